The quantitative estimate of drug-likeness (QED) is 0.447. The lowest BCUT2D eigenvalue weighted by atomic mass is 10.2. The van der Waals surface area contributed by atoms with Crippen LogP contribution < -0.4 is 4.74 Å². The highest BCUT2D eigenvalue weighted by Gasteiger charge is 2.25. The minimum absolute atomic E-state index is 0.186. The second-order valence-corrected chi connectivity index (χ2v) is 5.69. The summed E-state index contributed by atoms with van der Waals surface area (Å²) < 4.78 is 19.7. The minimum atomic E-state index is -1.04. The van der Waals surface area contributed by atoms with Gasteiger partial charge in [-0.2, -0.15) is 0 Å². The molecule has 132 valence electrons. The largest absolute Gasteiger partial charge is 0.516 e. The zero-order chi connectivity index (χ0) is 18.3. The van der Waals surface area contributed by atoms with Crippen molar-refractivity contribution in [3.05, 3.63) is 29.8 Å². The maximum absolute atomic E-state index is 11.8. The monoisotopic (exact) mass is 338 g/mol. The zero-order valence-electron chi connectivity index (χ0n) is 14.4. The van der Waals surface area contributed by atoms with Gasteiger partial charge in [-0.1, -0.05) is 27.7 Å². The maximum atomic E-state index is 11.8. The summed E-state index contributed by atoms with van der Waals surface area (Å²) in [5.74, 6) is -1.35. The predicted octanol–water partition coefficient (Wildman–Crippen LogP) is 3.17. The number of rotatable bonds is 6. The number of esters is 2. The van der Waals surface area contributed by atoms with E-state index in [1.165, 1.54) is 31.4 Å². The lowest BCUT2D eigenvalue weighted by Gasteiger charge is -2.21. The van der Waals surface area contributed by atoms with Gasteiger partial charge in [0, 0.05) is 5.92 Å². The Labute approximate surface area is 140 Å². The molecule has 0 aromatic heterocycles. The molecule has 0 fully saturated rings. The fourth-order valence-corrected chi connectivity index (χ4v) is 1.54. The molecule has 24 heavy (non-hydrogen) atoms. The van der Waals surface area contributed by atoms with Gasteiger partial charge in [0.05, 0.1) is 18.6 Å². The average molecular weight is 338 g/mol. The van der Waals surface area contributed by atoms with E-state index in [0.717, 1.165) is 0 Å². The number of benzene rings is 1. The number of hydrogen-bond acceptors (Lipinski definition) is 7. The summed E-state index contributed by atoms with van der Waals surface area (Å²) in [7, 11) is 1.27. The topological polar surface area (TPSA) is 88.1 Å². The molecule has 0 saturated carbocycles. The van der Waals surface area contributed by atoms with Crippen LogP contribution in [0.2, 0.25) is 0 Å². The number of ether oxygens (including phenoxy) is 4. The first-order valence-corrected chi connectivity index (χ1v) is 7.52. The van der Waals surface area contributed by atoms with E-state index in [1.807, 2.05) is 0 Å². The Hall–Kier alpha value is -2.57. The van der Waals surface area contributed by atoms with Crippen LogP contribution in [0, 0.1) is 11.8 Å². The lowest BCUT2D eigenvalue weighted by molar-refractivity contribution is -0.180. The van der Waals surface area contributed by atoms with Gasteiger partial charge in [0.15, 0.2) is 0 Å². The van der Waals surface area contributed by atoms with Crippen molar-refractivity contribution in [1.29, 1.82) is 0 Å². The minimum Gasteiger partial charge on any atom is -0.465 e. The van der Waals surface area contributed by atoms with Crippen LogP contribution in [-0.4, -0.2) is 31.5 Å². The summed E-state index contributed by atoms with van der Waals surface area (Å²) in [5, 5.41) is 0. The summed E-state index contributed by atoms with van der Waals surface area (Å²) in [5.41, 5.74) is 0.323. The molecule has 7 nitrogen and oxygen atoms in total. The molecule has 0 saturated heterocycles. The Morgan fingerprint density at radius 1 is 0.917 bits per heavy atom. The third-order valence-electron chi connectivity index (χ3n) is 2.94. The van der Waals surface area contributed by atoms with Gasteiger partial charge in [-0.3, -0.25) is 4.79 Å². The van der Waals surface area contributed by atoms with E-state index in [2.05, 4.69) is 4.74 Å². The number of carbonyl (C=O) groups is 3. The Bertz CT molecular complexity index is 575. The molecular formula is C17H22O7. The first kappa shape index (κ1) is 19.5. The van der Waals surface area contributed by atoms with E-state index in [1.54, 1.807) is 27.7 Å². The zero-order valence-corrected chi connectivity index (χ0v) is 14.4. The Kier molecular flexibility index (Phi) is 7.23. The molecule has 0 aliphatic rings. The van der Waals surface area contributed by atoms with E-state index >= 15 is 0 Å². The van der Waals surface area contributed by atoms with Crippen molar-refractivity contribution >= 4 is 18.1 Å². The highest BCUT2D eigenvalue weighted by Crippen LogP contribution is 2.16. The molecule has 1 aromatic carbocycles. The molecule has 1 rings (SSSR count). The normalized spacial score (nSPS) is 11.8. The van der Waals surface area contributed by atoms with Gasteiger partial charge in [0.2, 0.25) is 0 Å². The van der Waals surface area contributed by atoms with Crippen LogP contribution in [-0.2, 0) is 19.0 Å². The van der Waals surface area contributed by atoms with Gasteiger partial charge >= 0.3 is 18.1 Å². The Morgan fingerprint density at radius 3 is 1.96 bits per heavy atom. The first-order chi connectivity index (χ1) is 11.2. The van der Waals surface area contributed by atoms with Crippen LogP contribution >= 0.6 is 0 Å². The molecule has 0 amide bonds. The van der Waals surface area contributed by atoms with Crippen molar-refractivity contribution in [2.24, 2.45) is 11.8 Å². The molecule has 0 unspecified atom stereocenters. The number of hydrogen-bond donors (Lipinski definition) is 0. The predicted molar refractivity (Wildman–Crippen MR) is 84.4 cm³/mol. The van der Waals surface area contributed by atoms with Crippen LogP contribution in [0.1, 0.15) is 38.1 Å². The average Bonchev–Trinajstić information content (AvgIpc) is 2.53. The summed E-state index contributed by atoms with van der Waals surface area (Å²) in [6.07, 6.45) is -2.04. The summed E-state index contributed by atoms with van der Waals surface area (Å²) >= 11 is 0. The van der Waals surface area contributed by atoms with E-state index in [9.17, 15) is 14.4 Å². The molecule has 1 atom stereocenters. The molecule has 0 radical (unpaired) electrons. The van der Waals surface area contributed by atoms with Crippen LogP contribution in [0.5, 0.6) is 5.75 Å². The van der Waals surface area contributed by atoms with E-state index in [-0.39, 0.29) is 17.6 Å². The second kappa shape index (κ2) is 8.90. The molecule has 0 aliphatic heterocycles. The van der Waals surface area contributed by atoms with Crippen molar-refractivity contribution in [1.82, 2.24) is 0 Å². The van der Waals surface area contributed by atoms with E-state index in [0.29, 0.717) is 5.56 Å². The highest BCUT2D eigenvalue weighted by molar-refractivity contribution is 5.89. The standard InChI is InChI=1S/C17H22O7/c1-10(2)14(18)23-16(11(3)4)24-17(20)22-13-8-6-12(7-9-13)15(19)21-5/h6-11,16H,1-5H3/t16-/m0/s1. The number of methoxy groups -OCH3 is 1. The third-order valence-corrected chi connectivity index (χ3v) is 2.94. The fourth-order valence-electron chi connectivity index (χ4n) is 1.54. The van der Waals surface area contributed by atoms with Crippen LogP contribution in [0.3, 0.4) is 0 Å². The molecule has 0 bridgehead atoms. The SMILES string of the molecule is COC(=O)c1ccc(OC(=O)O[C@H](OC(=O)C(C)C)C(C)C)cc1. The first-order valence-electron chi connectivity index (χ1n) is 7.52. The van der Waals surface area contributed by atoms with Crippen molar-refractivity contribution < 1.29 is 33.3 Å². The molecule has 0 spiro atoms. The maximum Gasteiger partial charge on any atom is 0.516 e. The van der Waals surface area contributed by atoms with Gasteiger partial charge in [0.25, 0.3) is 6.29 Å². The summed E-state index contributed by atoms with van der Waals surface area (Å²) in [4.78, 5) is 34.8. The molecule has 0 heterocycles. The molecule has 0 aliphatic carbocycles. The molecule has 0 N–H and O–H groups in total. The van der Waals surface area contributed by atoms with Gasteiger partial charge in [-0.05, 0) is 24.3 Å². The van der Waals surface area contributed by atoms with Gasteiger partial charge in [0.1, 0.15) is 5.75 Å². The summed E-state index contributed by atoms with van der Waals surface area (Å²) in [6.45, 7) is 6.86. The van der Waals surface area contributed by atoms with Gasteiger partial charge < -0.3 is 18.9 Å². The molecule has 7 heteroatoms. The van der Waals surface area contributed by atoms with Gasteiger partial charge in [-0.15, -0.1) is 0 Å². The highest BCUT2D eigenvalue weighted by atomic mass is 16.8. The lowest BCUT2D eigenvalue weighted by Crippen LogP contribution is -2.32. The third kappa shape index (κ3) is 5.91. The van der Waals surface area contributed by atoms with Gasteiger partial charge in [-0.25, -0.2) is 9.59 Å². The fraction of sp³-hybridized carbons (Fsp3) is 0.471. The summed E-state index contributed by atoms with van der Waals surface area (Å²) in [6, 6.07) is 5.76. The Morgan fingerprint density at radius 2 is 1.50 bits per heavy atom. The molecule has 1 aromatic rings. The number of carbonyl (C=O) groups excluding carboxylic acids is 3. The van der Waals surface area contributed by atoms with Crippen molar-refractivity contribution in [3.8, 4) is 5.75 Å². The van der Waals surface area contributed by atoms with Crippen molar-refractivity contribution in [2.45, 2.75) is 34.0 Å². The van der Waals surface area contributed by atoms with Crippen LogP contribution in [0.25, 0.3) is 0 Å². The van der Waals surface area contributed by atoms with E-state index < -0.39 is 24.4 Å². The smallest absolute Gasteiger partial charge is 0.465 e. The van der Waals surface area contributed by atoms with Crippen LogP contribution in [0.15, 0.2) is 24.3 Å². The van der Waals surface area contributed by atoms with E-state index in [4.69, 9.17) is 14.2 Å². The van der Waals surface area contributed by atoms with Crippen molar-refractivity contribution in [3.63, 3.8) is 0 Å². The second-order valence-electron chi connectivity index (χ2n) is 5.69. The molecular weight excluding hydrogens is 316 g/mol. The van der Waals surface area contributed by atoms with Crippen molar-refractivity contribution in [2.75, 3.05) is 7.11 Å². The Balaban J connectivity index is 2.65. The van der Waals surface area contributed by atoms with Crippen LogP contribution in [0.4, 0.5) is 4.79 Å².